The molecule has 0 aromatic carbocycles. The van der Waals surface area contributed by atoms with Crippen LogP contribution in [-0.4, -0.2) is 73.6 Å². The molecule has 0 saturated carbocycles. The highest BCUT2D eigenvalue weighted by molar-refractivity contribution is 5.85. The molecule has 0 aliphatic carbocycles. The van der Waals surface area contributed by atoms with Gasteiger partial charge in [0.25, 0.3) is 0 Å². The smallest absolute Gasteiger partial charge is 0.239 e. The summed E-state index contributed by atoms with van der Waals surface area (Å²) < 4.78 is 0. The second-order valence-corrected chi connectivity index (χ2v) is 6.29. The minimum absolute atomic E-state index is 0.136. The van der Waals surface area contributed by atoms with E-state index >= 15 is 0 Å². The van der Waals surface area contributed by atoms with E-state index < -0.39 is 5.54 Å². The van der Waals surface area contributed by atoms with Crippen molar-refractivity contribution in [2.45, 2.75) is 45.7 Å². The third-order valence-corrected chi connectivity index (χ3v) is 4.56. The van der Waals surface area contributed by atoms with E-state index in [0.717, 1.165) is 45.7 Å². The number of amides is 1. The zero-order chi connectivity index (χ0) is 15.2. The summed E-state index contributed by atoms with van der Waals surface area (Å²) in [5.41, 5.74) is -0.420. The number of carbonyl (C=O) groups excluding carboxylic acids is 1. The molecule has 0 bridgehead atoms. The lowest BCUT2D eigenvalue weighted by atomic mass is 10.0. The molecule has 1 rings (SSSR count). The van der Waals surface area contributed by atoms with Gasteiger partial charge in [0, 0.05) is 45.3 Å². The van der Waals surface area contributed by atoms with Crippen LogP contribution in [0.3, 0.4) is 0 Å². The highest BCUT2D eigenvalue weighted by atomic mass is 16.2. The van der Waals surface area contributed by atoms with Crippen molar-refractivity contribution in [1.29, 1.82) is 0 Å². The summed E-state index contributed by atoms with van der Waals surface area (Å²) in [6.45, 7) is 13.9. The van der Waals surface area contributed by atoms with Crippen LogP contribution in [0.25, 0.3) is 0 Å². The zero-order valence-corrected chi connectivity index (χ0v) is 13.8. The summed E-state index contributed by atoms with van der Waals surface area (Å²) in [6, 6.07) is 0.563. The SMILES string of the molecule is CCC(C)N(C)CCNC(=O)C(C)(C)N1CCNCC1. The molecular weight excluding hydrogens is 252 g/mol. The van der Waals surface area contributed by atoms with Crippen LogP contribution in [0.2, 0.25) is 0 Å². The zero-order valence-electron chi connectivity index (χ0n) is 13.8. The largest absolute Gasteiger partial charge is 0.353 e. The molecular formula is C15H32N4O. The number of hydrogen-bond donors (Lipinski definition) is 2. The van der Waals surface area contributed by atoms with Gasteiger partial charge in [0.05, 0.1) is 5.54 Å². The minimum atomic E-state index is -0.420. The Morgan fingerprint density at radius 3 is 2.55 bits per heavy atom. The Kier molecular flexibility index (Phi) is 6.92. The molecule has 2 N–H and O–H groups in total. The molecule has 5 nitrogen and oxygen atoms in total. The summed E-state index contributed by atoms with van der Waals surface area (Å²) in [5.74, 6) is 0.136. The second-order valence-electron chi connectivity index (χ2n) is 6.29. The fourth-order valence-corrected chi connectivity index (χ4v) is 2.46. The number of likely N-dealkylation sites (N-methyl/N-ethyl adjacent to an activating group) is 1. The van der Waals surface area contributed by atoms with Crippen LogP contribution in [0.1, 0.15) is 34.1 Å². The maximum absolute atomic E-state index is 12.4. The Hall–Kier alpha value is -0.650. The van der Waals surface area contributed by atoms with Crippen LogP contribution in [-0.2, 0) is 4.79 Å². The van der Waals surface area contributed by atoms with E-state index in [-0.39, 0.29) is 5.91 Å². The van der Waals surface area contributed by atoms with Crippen LogP contribution in [0.4, 0.5) is 0 Å². The van der Waals surface area contributed by atoms with E-state index in [1.165, 1.54) is 0 Å². The van der Waals surface area contributed by atoms with E-state index in [0.29, 0.717) is 6.04 Å². The number of rotatable bonds is 7. The maximum atomic E-state index is 12.4. The van der Waals surface area contributed by atoms with Gasteiger partial charge in [-0.3, -0.25) is 9.69 Å². The molecule has 1 saturated heterocycles. The number of nitrogens with one attached hydrogen (secondary N) is 2. The molecule has 5 heteroatoms. The molecule has 1 fully saturated rings. The summed E-state index contributed by atoms with van der Waals surface area (Å²) >= 11 is 0. The van der Waals surface area contributed by atoms with Gasteiger partial charge in [-0.2, -0.15) is 0 Å². The van der Waals surface area contributed by atoms with E-state index in [1.807, 2.05) is 13.8 Å². The lowest BCUT2D eigenvalue weighted by molar-refractivity contribution is -0.132. The molecule has 1 heterocycles. The van der Waals surface area contributed by atoms with E-state index in [2.05, 4.69) is 41.3 Å². The quantitative estimate of drug-likeness (QED) is 0.715. The first kappa shape index (κ1) is 17.4. The fraction of sp³-hybridized carbons (Fsp3) is 0.933. The fourth-order valence-electron chi connectivity index (χ4n) is 2.46. The van der Waals surface area contributed by atoms with Gasteiger partial charge >= 0.3 is 0 Å². The van der Waals surface area contributed by atoms with E-state index in [4.69, 9.17) is 0 Å². The molecule has 1 amide bonds. The van der Waals surface area contributed by atoms with Gasteiger partial charge < -0.3 is 15.5 Å². The summed E-state index contributed by atoms with van der Waals surface area (Å²) in [7, 11) is 2.11. The Morgan fingerprint density at radius 1 is 1.40 bits per heavy atom. The standard InChI is InChI=1S/C15H32N4O/c1-6-13(2)18(5)10-9-17-14(20)15(3,4)19-11-7-16-8-12-19/h13,16H,6-12H2,1-5H3,(H,17,20). The van der Waals surface area contributed by atoms with Crippen molar-refractivity contribution < 1.29 is 4.79 Å². The monoisotopic (exact) mass is 284 g/mol. The Bertz CT molecular complexity index is 300. The lowest BCUT2D eigenvalue weighted by Crippen LogP contribution is -2.60. The first-order valence-electron chi connectivity index (χ1n) is 7.84. The second kappa shape index (κ2) is 7.96. The number of piperazine rings is 1. The molecule has 20 heavy (non-hydrogen) atoms. The van der Waals surface area contributed by atoms with Crippen molar-refractivity contribution in [1.82, 2.24) is 20.4 Å². The number of hydrogen-bond acceptors (Lipinski definition) is 4. The van der Waals surface area contributed by atoms with E-state index in [9.17, 15) is 4.79 Å². The van der Waals surface area contributed by atoms with Gasteiger partial charge in [0.1, 0.15) is 0 Å². The first-order chi connectivity index (χ1) is 9.39. The molecule has 0 radical (unpaired) electrons. The van der Waals surface area contributed by atoms with Crippen molar-refractivity contribution in [3.63, 3.8) is 0 Å². The van der Waals surface area contributed by atoms with E-state index in [1.54, 1.807) is 0 Å². The summed E-state index contributed by atoms with van der Waals surface area (Å²) in [6.07, 6.45) is 1.14. The molecule has 0 aromatic rings. The first-order valence-corrected chi connectivity index (χ1v) is 7.84. The molecule has 1 aliphatic heterocycles. The lowest BCUT2D eigenvalue weighted by Gasteiger charge is -2.40. The van der Waals surface area contributed by atoms with Gasteiger partial charge in [-0.15, -0.1) is 0 Å². The highest BCUT2D eigenvalue weighted by Gasteiger charge is 2.34. The van der Waals surface area contributed by atoms with Crippen LogP contribution in [0.5, 0.6) is 0 Å². The molecule has 1 atom stereocenters. The van der Waals surface area contributed by atoms with Crippen molar-refractivity contribution in [2.24, 2.45) is 0 Å². The third kappa shape index (κ3) is 4.72. The minimum Gasteiger partial charge on any atom is -0.353 e. The van der Waals surface area contributed by atoms with Crippen molar-refractivity contribution in [3.05, 3.63) is 0 Å². The van der Waals surface area contributed by atoms with Crippen LogP contribution in [0.15, 0.2) is 0 Å². The Morgan fingerprint density at radius 2 is 2.00 bits per heavy atom. The average molecular weight is 284 g/mol. The predicted octanol–water partition coefficient (Wildman–Crippen LogP) is 0.517. The molecule has 118 valence electrons. The maximum Gasteiger partial charge on any atom is 0.239 e. The number of carbonyl (C=O) groups is 1. The van der Waals surface area contributed by atoms with Gasteiger partial charge in [-0.25, -0.2) is 0 Å². The molecule has 0 aromatic heterocycles. The molecule has 1 aliphatic rings. The highest BCUT2D eigenvalue weighted by Crippen LogP contribution is 2.15. The predicted molar refractivity (Wildman–Crippen MR) is 83.9 cm³/mol. The van der Waals surface area contributed by atoms with Crippen LogP contribution >= 0.6 is 0 Å². The van der Waals surface area contributed by atoms with Gasteiger partial charge in [-0.05, 0) is 34.2 Å². The van der Waals surface area contributed by atoms with Gasteiger partial charge in [0.2, 0.25) is 5.91 Å². The molecule has 1 unspecified atom stereocenters. The van der Waals surface area contributed by atoms with Crippen LogP contribution in [0, 0.1) is 0 Å². The van der Waals surface area contributed by atoms with Crippen molar-refractivity contribution in [3.8, 4) is 0 Å². The summed E-state index contributed by atoms with van der Waals surface area (Å²) in [4.78, 5) is 16.9. The van der Waals surface area contributed by atoms with Crippen LogP contribution < -0.4 is 10.6 Å². The summed E-state index contributed by atoms with van der Waals surface area (Å²) in [5, 5.41) is 6.41. The third-order valence-electron chi connectivity index (χ3n) is 4.56. The Balaban J connectivity index is 2.37. The average Bonchev–Trinajstić information content (AvgIpc) is 2.46. The van der Waals surface area contributed by atoms with Gasteiger partial charge in [-0.1, -0.05) is 6.92 Å². The van der Waals surface area contributed by atoms with Crippen molar-refractivity contribution >= 4 is 5.91 Å². The van der Waals surface area contributed by atoms with Gasteiger partial charge in [0.15, 0.2) is 0 Å². The number of nitrogens with zero attached hydrogens (tertiary/aromatic N) is 2. The molecule has 0 spiro atoms. The van der Waals surface area contributed by atoms with Crippen molar-refractivity contribution in [2.75, 3.05) is 46.3 Å². The Labute approximate surface area is 124 Å². The topological polar surface area (TPSA) is 47.6 Å². The normalized spacial score (nSPS) is 19.1.